The smallest absolute Gasteiger partial charge is 0.410 e. The minimum absolute atomic E-state index is 0.0236. The van der Waals surface area contributed by atoms with Gasteiger partial charge in [0, 0.05) is 49.5 Å². The summed E-state index contributed by atoms with van der Waals surface area (Å²) >= 11 is 0. The highest BCUT2D eigenvalue weighted by atomic mass is 28.3. The summed E-state index contributed by atoms with van der Waals surface area (Å²) in [4.78, 5) is 30.4. The van der Waals surface area contributed by atoms with Crippen LogP contribution in [0, 0.1) is 17.3 Å². The highest BCUT2D eigenvalue weighted by Crippen LogP contribution is 2.48. The molecule has 0 N–H and O–H groups in total. The summed E-state index contributed by atoms with van der Waals surface area (Å²) in [5.74, 6) is 4.88. The number of amides is 1. The van der Waals surface area contributed by atoms with Crippen molar-refractivity contribution in [1.82, 2.24) is 19.8 Å². The standard InChI is InChI=1S/C53H69F2N5O6Si/c1-32(2)67(33(3)4,34(5)6)23-20-42-45(55)19-12-35-24-40(64-31-62-10)25-44(46(35)42)41-17-18-43-47(48(41)65-39-15-16-39)56-50(63-30-53-21-11-22-59(53)27-36(54)26-53)57-49(43)58-28-37-13-14-38(29-58)60(37)51(61)66-52(7,8)9/h12,17-19,24-25,32-34,36-39H,11,13-16,21-22,26-31H2,1-10H3/t36-,37-,38+,53+/m1/s1. The number of rotatable bonds is 13. The number of anilines is 1. The van der Waals surface area contributed by atoms with Crippen LogP contribution in [0.1, 0.15) is 113 Å². The number of ether oxygens (including phenoxy) is 5. The van der Waals surface area contributed by atoms with Crippen LogP contribution in [0.5, 0.6) is 17.5 Å². The average molecular weight is 938 g/mol. The number of fused-ring (bicyclic) bond motifs is 5. The van der Waals surface area contributed by atoms with E-state index in [-0.39, 0.29) is 49.5 Å². The van der Waals surface area contributed by atoms with Gasteiger partial charge in [0.15, 0.2) is 12.5 Å². The van der Waals surface area contributed by atoms with E-state index in [1.165, 1.54) is 6.07 Å². The van der Waals surface area contributed by atoms with Crippen LogP contribution in [0.3, 0.4) is 0 Å². The molecule has 1 aromatic heterocycles. The van der Waals surface area contributed by atoms with Gasteiger partial charge in [-0.1, -0.05) is 53.5 Å². The molecular formula is C53H69F2N5O6Si. The molecule has 2 bridgehead atoms. The lowest BCUT2D eigenvalue weighted by molar-refractivity contribution is 0.0122. The molecule has 360 valence electrons. The van der Waals surface area contributed by atoms with Crippen LogP contribution in [0.15, 0.2) is 36.4 Å². The molecular weight excluding hydrogens is 869 g/mol. The molecule has 5 fully saturated rings. The first-order valence-corrected chi connectivity index (χ1v) is 26.9. The third-order valence-electron chi connectivity index (χ3n) is 15.2. The summed E-state index contributed by atoms with van der Waals surface area (Å²) < 4.78 is 62.7. The van der Waals surface area contributed by atoms with Gasteiger partial charge in [0.1, 0.15) is 49.4 Å². The summed E-state index contributed by atoms with van der Waals surface area (Å²) in [7, 11) is -0.695. The molecule has 1 aliphatic carbocycles. The summed E-state index contributed by atoms with van der Waals surface area (Å²) in [5.41, 5.74) is 6.15. The van der Waals surface area contributed by atoms with Gasteiger partial charge in [-0.2, -0.15) is 9.97 Å². The Morgan fingerprint density at radius 1 is 0.925 bits per heavy atom. The summed E-state index contributed by atoms with van der Waals surface area (Å²) in [5, 5.41) is 2.21. The van der Waals surface area contributed by atoms with Crippen LogP contribution in [0.2, 0.25) is 16.6 Å². The number of nitrogens with zero attached hydrogens (tertiary/aromatic N) is 5. The number of hydrogen-bond donors (Lipinski definition) is 0. The molecule has 9 rings (SSSR count). The minimum Gasteiger partial charge on any atom is -0.487 e. The molecule has 67 heavy (non-hydrogen) atoms. The van der Waals surface area contributed by atoms with Crippen molar-refractivity contribution in [2.45, 2.75) is 159 Å². The molecule has 4 saturated heterocycles. The van der Waals surface area contributed by atoms with E-state index in [4.69, 9.17) is 33.7 Å². The number of halogens is 2. The highest BCUT2D eigenvalue weighted by Gasteiger charge is 2.50. The summed E-state index contributed by atoms with van der Waals surface area (Å²) in [6.07, 6.45) is 4.45. The first-order valence-electron chi connectivity index (χ1n) is 24.6. The van der Waals surface area contributed by atoms with Gasteiger partial charge in [-0.15, -0.1) is 5.54 Å². The number of alkyl halides is 1. The molecule has 0 radical (unpaired) electrons. The fourth-order valence-corrected chi connectivity index (χ4v) is 17.2. The van der Waals surface area contributed by atoms with E-state index in [0.29, 0.717) is 87.6 Å². The second kappa shape index (κ2) is 18.3. The van der Waals surface area contributed by atoms with Crippen molar-refractivity contribution in [2.24, 2.45) is 0 Å². The molecule has 4 aromatic rings. The fourth-order valence-electron chi connectivity index (χ4n) is 12.0. The van der Waals surface area contributed by atoms with Crippen LogP contribution in [0.4, 0.5) is 19.4 Å². The molecule has 3 aromatic carbocycles. The summed E-state index contributed by atoms with van der Waals surface area (Å²) in [6.45, 7) is 21.9. The molecule has 5 aliphatic rings. The third-order valence-corrected chi connectivity index (χ3v) is 21.4. The average Bonchev–Trinajstić information content (AvgIpc) is 3.83. The minimum atomic E-state index is -2.27. The van der Waals surface area contributed by atoms with Crippen LogP contribution in [0.25, 0.3) is 32.8 Å². The Kier molecular flexibility index (Phi) is 12.9. The molecule has 4 atom stereocenters. The Bertz CT molecular complexity index is 2550. The molecule has 5 heterocycles. The first-order chi connectivity index (χ1) is 31.9. The first kappa shape index (κ1) is 47.4. The predicted octanol–water partition coefficient (Wildman–Crippen LogP) is 11.2. The maximum Gasteiger partial charge on any atom is 0.410 e. The zero-order chi connectivity index (χ0) is 47.6. The third kappa shape index (κ3) is 9.05. The molecule has 1 amide bonds. The Labute approximate surface area is 396 Å². The SMILES string of the molecule is COCOc1cc(-c2ccc3c(N4C[C@H]5CC[C@@H](C4)N5C(=O)OC(C)(C)C)nc(OC[C@@]45CCCN4C[C@H](F)C5)nc3c2OC2CC2)c2c(C#C[Si](C(C)C)(C(C)C)C(C)C)c(F)ccc2c1. The molecule has 0 unspecified atom stereocenters. The number of piperazine rings is 1. The predicted molar refractivity (Wildman–Crippen MR) is 262 cm³/mol. The van der Waals surface area contributed by atoms with Crippen molar-refractivity contribution < 1.29 is 37.3 Å². The van der Waals surface area contributed by atoms with E-state index in [1.54, 1.807) is 13.2 Å². The van der Waals surface area contributed by atoms with E-state index in [0.717, 1.165) is 55.8 Å². The van der Waals surface area contributed by atoms with Gasteiger partial charge >= 0.3 is 12.1 Å². The van der Waals surface area contributed by atoms with Crippen molar-refractivity contribution >= 4 is 41.7 Å². The van der Waals surface area contributed by atoms with Gasteiger partial charge in [-0.05, 0) is 124 Å². The maximum absolute atomic E-state index is 16.7. The van der Waals surface area contributed by atoms with Gasteiger partial charge in [-0.25, -0.2) is 13.6 Å². The van der Waals surface area contributed by atoms with E-state index in [1.807, 2.05) is 49.9 Å². The largest absolute Gasteiger partial charge is 0.487 e. The quantitative estimate of drug-likeness (QED) is 0.0732. The van der Waals surface area contributed by atoms with Gasteiger partial charge in [-0.3, -0.25) is 9.80 Å². The fraction of sp³-hybridized carbons (Fsp3) is 0.604. The zero-order valence-corrected chi connectivity index (χ0v) is 42.1. The van der Waals surface area contributed by atoms with Crippen LogP contribution in [-0.2, 0) is 9.47 Å². The monoisotopic (exact) mass is 937 g/mol. The lowest BCUT2D eigenvalue weighted by Gasteiger charge is -2.42. The molecule has 4 aliphatic heterocycles. The van der Waals surface area contributed by atoms with Crippen molar-refractivity contribution in [2.75, 3.05) is 51.6 Å². The van der Waals surface area contributed by atoms with E-state index < -0.39 is 25.4 Å². The zero-order valence-electron chi connectivity index (χ0n) is 41.1. The molecule has 0 spiro atoms. The Hall–Kier alpha value is -4.71. The van der Waals surface area contributed by atoms with Crippen molar-refractivity contribution in [1.29, 1.82) is 0 Å². The molecule has 11 nitrogen and oxygen atoms in total. The lowest BCUT2D eigenvalue weighted by atomic mass is 9.92. The topological polar surface area (TPSA) is 98.7 Å². The normalized spacial score (nSPS) is 23.1. The van der Waals surface area contributed by atoms with E-state index in [2.05, 4.69) is 62.8 Å². The number of methoxy groups -OCH3 is 1. The van der Waals surface area contributed by atoms with Gasteiger partial charge in [0.05, 0.1) is 29.3 Å². The van der Waals surface area contributed by atoms with E-state index in [9.17, 15) is 4.79 Å². The molecule has 1 saturated carbocycles. The summed E-state index contributed by atoms with van der Waals surface area (Å²) in [6, 6.07) is 11.2. The van der Waals surface area contributed by atoms with Crippen molar-refractivity contribution in [3.8, 4) is 40.1 Å². The van der Waals surface area contributed by atoms with Crippen LogP contribution in [-0.4, -0.2) is 116 Å². The van der Waals surface area contributed by atoms with Crippen molar-refractivity contribution in [3.63, 3.8) is 0 Å². The van der Waals surface area contributed by atoms with Gasteiger partial charge in [0.25, 0.3) is 0 Å². The van der Waals surface area contributed by atoms with Crippen molar-refractivity contribution in [3.05, 3.63) is 47.8 Å². The van der Waals surface area contributed by atoms with Crippen LogP contribution >= 0.6 is 0 Å². The van der Waals surface area contributed by atoms with E-state index >= 15 is 8.78 Å². The number of carbonyl (C=O) groups is 1. The lowest BCUT2D eigenvalue weighted by Crippen LogP contribution is -2.57. The number of carbonyl (C=O) groups excluding carboxylic acids is 1. The number of aromatic nitrogens is 2. The second-order valence-electron chi connectivity index (χ2n) is 21.7. The number of benzene rings is 3. The number of hydrogen-bond acceptors (Lipinski definition) is 10. The second-order valence-corrected chi connectivity index (χ2v) is 27.3. The highest BCUT2D eigenvalue weighted by molar-refractivity contribution is 6.90. The van der Waals surface area contributed by atoms with Crippen LogP contribution < -0.4 is 19.1 Å². The Morgan fingerprint density at radius 3 is 2.30 bits per heavy atom. The maximum atomic E-state index is 16.7. The Balaban J connectivity index is 1.24. The van der Waals surface area contributed by atoms with Gasteiger partial charge in [0.2, 0.25) is 0 Å². The Morgan fingerprint density at radius 2 is 1.64 bits per heavy atom. The molecule has 14 heteroatoms. The van der Waals surface area contributed by atoms with Gasteiger partial charge < -0.3 is 28.6 Å².